The Morgan fingerprint density at radius 1 is 0.767 bits per heavy atom. The van der Waals surface area contributed by atoms with Crippen LogP contribution in [0, 0.1) is 0 Å². The van der Waals surface area contributed by atoms with Gasteiger partial charge in [0.2, 0.25) is 0 Å². The summed E-state index contributed by atoms with van der Waals surface area (Å²) in [6, 6.07) is -0.487. The summed E-state index contributed by atoms with van der Waals surface area (Å²) in [7, 11) is 0. The molecule has 0 aromatic rings. The number of carbonyl (C=O) groups is 1. The molecular weight excluding hydrogens is 553 g/mol. The van der Waals surface area contributed by atoms with E-state index in [1.54, 1.807) is 18.1 Å². The molecule has 0 heterocycles. The summed E-state index contributed by atoms with van der Waals surface area (Å²) in [6.07, 6.45) is 26.5. The van der Waals surface area contributed by atoms with Crippen molar-refractivity contribution in [2.24, 2.45) is 0 Å². The van der Waals surface area contributed by atoms with E-state index in [9.17, 15) is 9.59 Å². The van der Waals surface area contributed by atoms with E-state index in [4.69, 9.17) is 5.11 Å². The molecule has 0 aliphatic heterocycles. The minimum absolute atomic E-state index is 0.00240. The average Bonchev–Trinajstić information content (AvgIpc) is 2.73. The van der Waals surface area contributed by atoms with E-state index in [0.717, 1.165) is 17.0 Å². The zero-order chi connectivity index (χ0) is 22.3. The molecule has 0 unspecified atom stereocenters. The second-order valence-electron chi connectivity index (χ2n) is 8.54. The van der Waals surface area contributed by atoms with Gasteiger partial charge in [0.05, 0.1) is 0 Å². The van der Waals surface area contributed by atoms with Gasteiger partial charge in [-0.15, -0.1) is 0 Å². The van der Waals surface area contributed by atoms with Crippen molar-refractivity contribution in [1.82, 2.24) is 5.32 Å². The minimum atomic E-state index is -0.870. The topological polar surface area (TPSA) is 66.4 Å². The van der Waals surface area contributed by atoms with Gasteiger partial charge in [-0.25, -0.2) is 0 Å². The Balaban J connectivity index is 3.31. The maximum atomic E-state index is 10.9. The Kier molecular flexibility index (Phi) is 23.0. The molecule has 0 aliphatic carbocycles. The molecule has 2 N–H and O–H groups in total. The summed E-state index contributed by atoms with van der Waals surface area (Å²) in [5.74, 6) is -0.870. The van der Waals surface area contributed by atoms with Gasteiger partial charge in [0.1, 0.15) is 0 Å². The van der Waals surface area contributed by atoms with E-state index in [1.165, 1.54) is 103 Å². The Hall–Kier alpha value is -0.394. The number of carboxylic acids is 1. The fourth-order valence-electron chi connectivity index (χ4n) is 3.69. The van der Waals surface area contributed by atoms with Crippen molar-refractivity contribution in [2.45, 2.75) is 141 Å². The van der Waals surface area contributed by atoms with Gasteiger partial charge in [-0.2, -0.15) is 0 Å². The first-order valence-electron chi connectivity index (χ1n) is 12.5. The Labute approximate surface area is 195 Å². The average molecular weight is 599 g/mol. The second-order valence-corrected chi connectivity index (χ2v) is 10.1. The molecule has 0 amide bonds. The van der Waals surface area contributed by atoms with Crippen LogP contribution in [0.1, 0.15) is 135 Å². The summed E-state index contributed by atoms with van der Waals surface area (Å²) in [6.45, 7) is 2.28. The molecule has 178 valence electrons. The summed E-state index contributed by atoms with van der Waals surface area (Å²) < 4.78 is 1.09. The van der Waals surface area contributed by atoms with Crippen molar-refractivity contribution >= 4 is 16.4 Å². The summed E-state index contributed by atoms with van der Waals surface area (Å²) >= 11 is 1.77. The van der Waals surface area contributed by atoms with Crippen molar-refractivity contribution in [3.05, 3.63) is 0 Å². The number of hydrogen-bond donors (Lipinski definition) is 2. The molecule has 1 atom stereocenters. The molecule has 0 rings (SSSR count). The van der Waals surface area contributed by atoms with Gasteiger partial charge in [0.25, 0.3) is 0 Å². The first-order valence-corrected chi connectivity index (χ1v) is 13.7. The van der Waals surface area contributed by atoms with Gasteiger partial charge in [-0.05, 0) is 0 Å². The molecule has 5 heteroatoms. The van der Waals surface area contributed by atoms with Gasteiger partial charge in [-0.3, -0.25) is 0 Å². The van der Waals surface area contributed by atoms with Crippen LogP contribution in [0.2, 0.25) is 0 Å². The number of hydrogen-bond acceptors (Lipinski definition) is 3. The van der Waals surface area contributed by atoms with Crippen molar-refractivity contribution in [1.29, 1.82) is 0 Å². The zero-order valence-electron chi connectivity index (χ0n) is 19.3. The van der Waals surface area contributed by atoms with E-state index in [1.807, 2.05) is 6.29 Å². The number of carbonyl (C=O) groups excluding carboxylic acids is 1. The normalized spacial score (nSPS) is 12.1. The van der Waals surface area contributed by atoms with Crippen LogP contribution in [0.25, 0.3) is 0 Å². The maximum absolute atomic E-state index is 10.9. The monoisotopic (exact) mass is 600 g/mol. The molecule has 0 saturated carbocycles. The van der Waals surface area contributed by atoms with Crippen LogP contribution in [0.5, 0.6) is 0 Å². The summed E-state index contributed by atoms with van der Waals surface area (Å²) in [5, 5.41) is 11.8. The molecule has 0 bridgehead atoms. The molecular formula is C25H46NO3Os-. The molecule has 4 nitrogen and oxygen atoms in total. The van der Waals surface area contributed by atoms with Crippen LogP contribution in [-0.2, 0) is 27.7 Å². The summed E-state index contributed by atoms with van der Waals surface area (Å²) in [5.41, 5.74) is 0. The fraction of sp³-hybridized carbons (Fsp3) is 0.880. The first kappa shape index (κ1) is 29.6. The van der Waals surface area contributed by atoms with Crippen LogP contribution in [-0.4, -0.2) is 27.6 Å². The van der Waals surface area contributed by atoms with Crippen molar-refractivity contribution in [2.75, 3.05) is 0 Å². The molecule has 0 fully saturated rings. The number of nitrogens with one attached hydrogen (secondary N) is 1. The zero-order valence-corrected chi connectivity index (χ0v) is 21.9. The van der Waals surface area contributed by atoms with E-state index >= 15 is 0 Å². The van der Waals surface area contributed by atoms with Gasteiger partial charge < -0.3 is 0 Å². The van der Waals surface area contributed by atoms with Crippen LogP contribution >= 0.6 is 0 Å². The Morgan fingerprint density at radius 3 is 1.53 bits per heavy atom. The number of rotatable bonds is 24. The van der Waals surface area contributed by atoms with Crippen LogP contribution in [0.15, 0.2) is 0 Å². The third-order valence-electron chi connectivity index (χ3n) is 5.61. The van der Waals surface area contributed by atoms with E-state index in [2.05, 4.69) is 12.2 Å². The molecule has 30 heavy (non-hydrogen) atoms. The van der Waals surface area contributed by atoms with Gasteiger partial charge in [-0.1, -0.05) is 51.9 Å². The Morgan fingerprint density at radius 2 is 1.17 bits per heavy atom. The molecule has 0 aliphatic rings. The molecule has 0 spiro atoms. The molecule has 0 radical (unpaired) electrons. The summed E-state index contributed by atoms with van der Waals surface area (Å²) in [4.78, 5) is 21.5. The first-order chi connectivity index (χ1) is 14.6. The predicted molar refractivity (Wildman–Crippen MR) is 123 cm³/mol. The van der Waals surface area contributed by atoms with E-state index in [-0.39, 0.29) is 6.42 Å². The molecule has 0 saturated heterocycles. The SMILES string of the molecule is CCCCCCCCCCCCCCCCCCC[C](=[Os])N[C@H]([C-]=O)CCC(=O)O. The van der Waals surface area contributed by atoms with Gasteiger partial charge in [0.15, 0.2) is 0 Å². The third-order valence-corrected chi connectivity index (χ3v) is 6.61. The predicted octanol–water partition coefficient (Wildman–Crippen LogP) is 6.64. The molecule has 0 aromatic carbocycles. The van der Waals surface area contributed by atoms with Crippen LogP contribution in [0.4, 0.5) is 0 Å². The van der Waals surface area contributed by atoms with E-state index < -0.39 is 12.0 Å². The van der Waals surface area contributed by atoms with Crippen LogP contribution in [0.3, 0.4) is 0 Å². The Bertz CT molecular complexity index is 429. The van der Waals surface area contributed by atoms with Gasteiger partial charge in [0, 0.05) is 0 Å². The quantitative estimate of drug-likeness (QED) is 0.0966. The van der Waals surface area contributed by atoms with Crippen molar-refractivity contribution in [3.8, 4) is 0 Å². The third kappa shape index (κ3) is 22.3. The van der Waals surface area contributed by atoms with Crippen LogP contribution < -0.4 is 5.32 Å². The molecule has 0 aromatic heterocycles. The number of aliphatic carboxylic acids is 1. The standard InChI is InChI=1S/C25H46NO3.Os/c1-2-3-4-5-6-7-8-9-10-11-12-13-14-15-16-17-18-19-22-26-24(23-27)20-21-25(28)29;/h24,26H,2-21H2,1H3,(H,28,29);/q-1;/t24-;/m0./s1. The van der Waals surface area contributed by atoms with Crippen molar-refractivity contribution in [3.63, 3.8) is 0 Å². The number of carboxylic acid groups (broad SMARTS) is 1. The van der Waals surface area contributed by atoms with Gasteiger partial charge >= 0.3 is 144 Å². The number of unbranched alkanes of at least 4 members (excludes halogenated alkanes) is 16. The second kappa shape index (κ2) is 23.3. The van der Waals surface area contributed by atoms with Crippen molar-refractivity contribution < 1.29 is 32.8 Å². The van der Waals surface area contributed by atoms with E-state index in [0.29, 0.717) is 6.42 Å². The fourth-order valence-corrected chi connectivity index (χ4v) is 4.58.